The first-order valence-corrected chi connectivity index (χ1v) is 7.41. The van der Waals surface area contributed by atoms with Crippen molar-refractivity contribution in [2.75, 3.05) is 38.3 Å². The molecule has 6 nitrogen and oxygen atoms in total. The van der Waals surface area contributed by atoms with E-state index in [4.69, 9.17) is 9.47 Å². The van der Waals surface area contributed by atoms with Crippen molar-refractivity contribution in [2.45, 2.75) is 19.8 Å². The van der Waals surface area contributed by atoms with Gasteiger partial charge in [0.2, 0.25) is 5.91 Å². The molecule has 0 saturated heterocycles. The van der Waals surface area contributed by atoms with Crippen LogP contribution in [0.2, 0.25) is 0 Å². The van der Waals surface area contributed by atoms with E-state index in [-0.39, 0.29) is 18.4 Å². The summed E-state index contributed by atoms with van der Waals surface area (Å²) in [5, 5.41) is 2.77. The highest BCUT2D eigenvalue weighted by Crippen LogP contribution is 2.32. The van der Waals surface area contributed by atoms with E-state index in [1.807, 2.05) is 25.1 Å². The van der Waals surface area contributed by atoms with Crippen LogP contribution in [0.15, 0.2) is 18.2 Å². The van der Waals surface area contributed by atoms with Crippen LogP contribution in [0.25, 0.3) is 0 Å². The van der Waals surface area contributed by atoms with Gasteiger partial charge in [-0.2, -0.15) is 0 Å². The number of aryl methyl sites for hydroxylation is 1. The lowest BCUT2D eigenvalue weighted by Gasteiger charge is -2.29. The van der Waals surface area contributed by atoms with E-state index in [0.717, 1.165) is 17.0 Å². The molecule has 0 bridgehead atoms. The predicted molar refractivity (Wildman–Crippen MR) is 83.1 cm³/mol. The van der Waals surface area contributed by atoms with Gasteiger partial charge in [0, 0.05) is 26.6 Å². The van der Waals surface area contributed by atoms with Crippen molar-refractivity contribution in [3.63, 3.8) is 0 Å². The third-order valence-electron chi connectivity index (χ3n) is 3.47. The van der Waals surface area contributed by atoms with Gasteiger partial charge in [0.05, 0.1) is 12.3 Å². The number of benzene rings is 1. The van der Waals surface area contributed by atoms with E-state index < -0.39 is 0 Å². The molecule has 2 rings (SSSR count). The van der Waals surface area contributed by atoms with Crippen molar-refractivity contribution in [3.8, 4) is 5.75 Å². The first-order valence-electron chi connectivity index (χ1n) is 7.41. The van der Waals surface area contributed by atoms with E-state index in [1.54, 1.807) is 12.0 Å². The molecule has 120 valence electrons. The number of amides is 2. The van der Waals surface area contributed by atoms with Crippen LogP contribution < -0.4 is 15.0 Å². The standard InChI is InChI=1S/C16H22N2O4/c1-12-5-6-14-13(10-12)18(16(20)11-22-14)8-3-4-15(19)17-7-9-21-2/h5-6,10H,3-4,7-9,11H2,1-2H3,(H,17,19). The lowest BCUT2D eigenvalue weighted by molar-refractivity contribution is -0.123. The number of hydrogen-bond donors (Lipinski definition) is 1. The summed E-state index contributed by atoms with van der Waals surface area (Å²) < 4.78 is 10.3. The second-order valence-electron chi connectivity index (χ2n) is 5.25. The average molecular weight is 306 g/mol. The molecule has 0 aliphatic carbocycles. The van der Waals surface area contributed by atoms with Crippen LogP contribution in [0, 0.1) is 6.92 Å². The van der Waals surface area contributed by atoms with Crippen molar-refractivity contribution in [2.24, 2.45) is 0 Å². The average Bonchev–Trinajstić information content (AvgIpc) is 2.50. The number of nitrogens with one attached hydrogen (secondary N) is 1. The Labute approximate surface area is 130 Å². The fraction of sp³-hybridized carbons (Fsp3) is 0.500. The first-order chi connectivity index (χ1) is 10.6. The number of carbonyl (C=O) groups excluding carboxylic acids is 2. The predicted octanol–water partition coefficient (Wildman–Crippen LogP) is 1.26. The van der Waals surface area contributed by atoms with Gasteiger partial charge in [-0.25, -0.2) is 0 Å². The lowest BCUT2D eigenvalue weighted by atomic mass is 10.1. The van der Waals surface area contributed by atoms with Crippen LogP contribution in [0.1, 0.15) is 18.4 Å². The van der Waals surface area contributed by atoms with E-state index in [0.29, 0.717) is 32.5 Å². The summed E-state index contributed by atoms with van der Waals surface area (Å²) in [4.78, 5) is 25.4. The molecule has 0 radical (unpaired) electrons. The van der Waals surface area contributed by atoms with Crippen molar-refractivity contribution >= 4 is 17.5 Å². The highest BCUT2D eigenvalue weighted by Gasteiger charge is 2.25. The number of anilines is 1. The number of nitrogens with zero attached hydrogens (tertiary/aromatic N) is 1. The van der Waals surface area contributed by atoms with Gasteiger partial charge < -0.3 is 19.7 Å². The molecule has 0 aromatic heterocycles. The Morgan fingerprint density at radius 3 is 3.05 bits per heavy atom. The van der Waals surface area contributed by atoms with E-state index in [2.05, 4.69) is 5.32 Å². The molecule has 1 heterocycles. The molecule has 1 aliphatic heterocycles. The summed E-state index contributed by atoms with van der Waals surface area (Å²) in [5.74, 6) is 0.620. The van der Waals surface area contributed by atoms with Crippen LogP contribution in [0.4, 0.5) is 5.69 Å². The molecule has 0 spiro atoms. The molecule has 0 saturated carbocycles. The van der Waals surface area contributed by atoms with Gasteiger partial charge in [0.1, 0.15) is 5.75 Å². The lowest BCUT2D eigenvalue weighted by Crippen LogP contribution is -2.40. The van der Waals surface area contributed by atoms with Gasteiger partial charge in [-0.05, 0) is 31.0 Å². The Bertz CT molecular complexity index is 545. The largest absolute Gasteiger partial charge is 0.482 e. The monoisotopic (exact) mass is 306 g/mol. The summed E-state index contributed by atoms with van der Waals surface area (Å²) in [5.41, 5.74) is 1.86. The van der Waals surface area contributed by atoms with Crippen LogP contribution in [0.5, 0.6) is 5.75 Å². The number of ether oxygens (including phenoxy) is 2. The van der Waals surface area contributed by atoms with Crippen molar-refractivity contribution in [3.05, 3.63) is 23.8 Å². The molecule has 22 heavy (non-hydrogen) atoms. The van der Waals surface area contributed by atoms with Gasteiger partial charge in [0.25, 0.3) is 5.91 Å². The SMILES string of the molecule is COCCNC(=O)CCCN1C(=O)COc2ccc(C)cc21. The zero-order chi connectivity index (χ0) is 15.9. The fourth-order valence-corrected chi connectivity index (χ4v) is 2.34. The van der Waals surface area contributed by atoms with Crippen molar-refractivity contribution in [1.82, 2.24) is 5.32 Å². The second-order valence-corrected chi connectivity index (χ2v) is 5.25. The molecule has 2 amide bonds. The molecule has 1 N–H and O–H groups in total. The summed E-state index contributed by atoms with van der Waals surface area (Å²) in [6.45, 7) is 3.54. The third-order valence-corrected chi connectivity index (χ3v) is 3.47. The molecule has 1 aromatic rings. The summed E-state index contributed by atoms with van der Waals surface area (Å²) in [6, 6.07) is 5.77. The summed E-state index contributed by atoms with van der Waals surface area (Å²) in [6.07, 6.45) is 0.993. The number of rotatable bonds is 7. The third kappa shape index (κ3) is 4.21. The Balaban J connectivity index is 1.89. The van der Waals surface area contributed by atoms with Crippen molar-refractivity contribution < 1.29 is 19.1 Å². The first kappa shape index (κ1) is 16.3. The van der Waals surface area contributed by atoms with Gasteiger partial charge in [-0.3, -0.25) is 9.59 Å². The van der Waals surface area contributed by atoms with Crippen LogP contribution in [-0.2, 0) is 14.3 Å². The molecule has 1 aliphatic rings. The minimum Gasteiger partial charge on any atom is -0.482 e. The van der Waals surface area contributed by atoms with Crippen LogP contribution >= 0.6 is 0 Å². The number of carbonyl (C=O) groups is 2. The fourth-order valence-electron chi connectivity index (χ4n) is 2.34. The normalized spacial score (nSPS) is 13.5. The van der Waals surface area contributed by atoms with Gasteiger partial charge in [-0.1, -0.05) is 6.07 Å². The molecule has 6 heteroatoms. The Kier molecular flexibility index (Phi) is 5.77. The molecule has 0 fully saturated rings. The van der Waals surface area contributed by atoms with E-state index in [1.165, 1.54) is 0 Å². The maximum absolute atomic E-state index is 12.0. The van der Waals surface area contributed by atoms with Gasteiger partial charge in [0.15, 0.2) is 6.61 Å². The van der Waals surface area contributed by atoms with Gasteiger partial charge >= 0.3 is 0 Å². The smallest absolute Gasteiger partial charge is 0.265 e. The second kappa shape index (κ2) is 7.79. The number of fused-ring (bicyclic) bond motifs is 1. The molecule has 0 atom stereocenters. The maximum atomic E-state index is 12.0. The Morgan fingerprint density at radius 1 is 1.45 bits per heavy atom. The van der Waals surface area contributed by atoms with Gasteiger partial charge in [-0.15, -0.1) is 0 Å². The highest BCUT2D eigenvalue weighted by molar-refractivity contribution is 5.97. The summed E-state index contributed by atoms with van der Waals surface area (Å²) >= 11 is 0. The number of methoxy groups -OCH3 is 1. The molecule has 0 unspecified atom stereocenters. The zero-order valence-electron chi connectivity index (χ0n) is 13.1. The Hall–Kier alpha value is -2.08. The van der Waals surface area contributed by atoms with Crippen molar-refractivity contribution in [1.29, 1.82) is 0 Å². The van der Waals surface area contributed by atoms with E-state index in [9.17, 15) is 9.59 Å². The quantitative estimate of drug-likeness (QED) is 0.770. The maximum Gasteiger partial charge on any atom is 0.265 e. The van der Waals surface area contributed by atoms with E-state index >= 15 is 0 Å². The molecular weight excluding hydrogens is 284 g/mol. The number of hydrogen-bond acceptors (Lipinski definition) is 4. The van der Waals surface area contributed by atoms with Crippen LogP contribution in [-0.4, -0.2) is 45.2 Å². The highest BCUT2D eigenvalue weighted by atomic mass is 16.5. The summed E-state index contributed by atoms with van der Waals surface area (Å²) in [7, 11) is 1.59. The Morgan fingerprint density at radius 2 is 2.27 bits per heavy atom. The zero-order valence-corrected chi connectivity index (χ0v) is 13.1. The molecule has 1 aromatic carbocycles. The minimum atomic E-state index is -0.0714. The molecular formula is C16H22N2O4. The van der Waals surface area contributed by atoms with Crippen LogP contribution in [0.3, 0.4) is 0 Å². The topological polar surface area (TPSA) is 67.9 Å². The minimum absolute atomic E-state index is 0.0257.